The number of carbonyl (C=O) groups is 1. The molecule has 0 N–H and O–H groups in total. The van der Waals surface area contributed by atoms with Gasteiger partial charge in [-0.3, -0.25) is 9.59 Å². The first-order valence-corrected chi connectivity index (χ1v) is 11.7. The zero-order valence-corrected chi connectivity index (χ0v) is 18.8. The van der Waals surface area contributed by atoms with Crippen molar-refractivity contribution >= 4 is 16.9 Å². The monoisotopic (exact) mass is 448 g/mol. The first-order chi connectivity index (χ1) is 16.0. The molecule has 1 fully saturated rings. The van der Waals surface area contributed by atoms with Gasteiger partial charge in [0.15, 0.2) is 6.61 Å². The number of nitrogens with zero attached hydrogens (tertiary/aromatic N) is 2. The molecule has 5 rings (SSSR count). The molecule has 0 saturated carbocycles. The van der Waals surface area contributed by atoms with Crippen LogP contribution >= 0.6 is 0 Å². The van der Waals surface area contributed by atoms with Crippen molar-refractivity contribution in [3.8, 4) is 5.75 Å². The predicted octanol–water partition coefficient (Wildman–Crippen LogP) is 3.32. The third-order valence-electron chi connectivity index (χ3n) is 6.80. The van der Waals surface area contributed by atoms with Gasteiger partial charge in [-0.2, -0.15) is 0 Å². The van der Waals surface area contributed by atoms with Crippen molar-refractivity contribution in [2.45, 2.75) is 45.1 Å². The molecule has 1 amide bonds. The highest BCUT2D eigenvalue weighted by Gasteiger charge is 2.36. The van der Waals surface area contributed by atoms with Gasteiger partial charge in [0.25, 0.3) is 11.5 Å². The van der Waals surface area contributed by atoms with E-state index in [1.165, 1.54) is 0 Å². The summed E-state index contributed by atoms with van der Waals surface area (Å²) in [4.78, 5) is 38.9. The van der Waals surface area contributed by atoms with Crippen LogP contribution in [0, 0.1) is 5.92 Å². The summed E-state index contributed by atoms with van der Waals surface area (Å²) in [6.07, 6.45) is 3.87. The van der Waals surface area contributed by atoms with Crippen molar-refractivity contribution in [3.05, 3.63) is 74.5 Å². The number of rotatable bonds is 6. The number of aromatic nitrogens is 1. The summed E-state index contributed by atoms with van der Waals surface area (Å²) >= 11 is 0. The molecule has 0 spiro atoms. The lowest BCUT2D eigenvalue weighted by molar-refractivity contribution is -0.136. The molecule has 4 heterocycles. The van der Waals surface area contributed by atoms with E-state index in [1.807, 2.05) is 27.7 Å². The van der Waals surface area contributed by atoms with Crippen LogP contribution in [0.5, 0.6) is 5.75 Å². The van der Waals surface area contributed by atoms with Gasteiger partial charge < -0.3 is 18.6 Å². The number of pyridine rings is 1. The van der Waals surface area contributed by atoms with Gasteiger partial charge in [0.05, 0.1) is 0 Å². The van der Waals surface area contributed by atoms with E-state index < -0.39 is 0 Å². The van der Waals surface area contributed by atoms with Crippen LogP contribution in [-0.2, 0) is 17.8 Å². The Labute approximate surface area is 191 Å². The number of fused-ring (bicyclic) bond motifs is 5. The van der Waals surface area contributed by atoms with Crippen molar-refractivity contribution in [3.63, 3.8) is 0 Å². The lowest BCUT2D eigenvalue weighted by Crippen LogP contribution is -2.50. The van der Waals surface area contributed by atoms with E-state index in [4.69, 9.17) is 9.15 Å². The molecule has 7 nitrogen and oxygen atoms in total. The highest BCUT2D eigenvalue weighted by Crippen LogP contribution is 2.35. The Hall–Kier alpha value is -3.35. The first-order valence-electron chi connectivity index (χ1n) is 11.7. The average Bonchev–Trinajstić information content (AvgIpc) is 2.81. The summed E-state index contributed by atoms with van der Waals surface area (Å²) in [5.41, 5.74) is 2.13. The molecule has 3 aromatic rings. The minimum Gasteiger partial charge on any atom is -0.484 e. The number of likely N-dealkylation sites (tertiary alicyclic amines) is 1. The van der Waals surface area contributed by atoms with E-state index in [0.29, 0.717) is 31.0 Å². The molecule has 172 valence electrons. The van der Waals surface area contributed by atoms with Crippen LogP contribution in [0.3, 0.4) is 0 Å². The smallest absolute Gasteiger partial charge is 0.336 e. The molecule has 33 heavy (non-hydrogen) atoms. The number of hydrogen-bond acceptors (Lipinski definition) is 5. The Bertz CT molecular complexity index is 1310. The summed E-state index contributed by atoms with van der Waals surface area (Å²) < 4.78 is 13.0. The van der Waals surface area contributed by atoms with Gasteiger partial charge in [-0.25, -0.2) is 4.79 Å². The molecule has 1 saturated heterocycles. The number of hydrogen-bond donors (Lipinski definition) is 0. The maximum atomic E-state index is 12.9. The van der Waals surface area contributed by atoms with Gasteiger partial charge in [0, 0.05) is 54.8 Å². The maximum Gasteiger partial charge on any atom is 0.336 e. The average molecular weight is 449 g/mol. The molecule has 0 aliphatic carbocycles. The molecular formula is C26H28N2O5. The largest absolute Gasteiger partial charge is 0.484 e. The molecule has 7 heteroatoms. The van der Waals surface area contributed by atoms with Crippen LogP contribution in [0.2, 0.25) is 0 Å². The zero-order chi connectivity index (χ0) is 22.9. The fraction of sp³-hybridized carbons (Fsp3) is 0.423. The van der Waals surface area contributed by atoms with Crippen LogP contribution in [0.1, 0.15) is 43.4 Å². The Kier molecular flexibility index (Phi) is 5.79. The maximum absolute atomic E-state index is 12.9. The molecule has 2 aromatic heterocycles. The van der Waals surface area contributed by atoms with E-state index in [1.54, 1.807) is 24.3 Å². The van der Waals surface area contributed by atoms with Crippen LogP contribution in [0.4, 0.5) is 0 Å². The first kappa shape index (κ1) is 21.5. The molecule has 2 bridgehead atoms. The summed E-state index contributed by atoms with van der Waals surface area (Å²) in [6.45, 7) is 3.92. The Morgan fingerprint density at radius 1 is 1.12 bits per heavy atom. The van der Waals surface area contributed by atoms with E-state index in [-0.39, 0.29) is 35.5 Å². The number of unbranched alkanes of at least 4 members (excludes halogenated alkanes) is 1. The van der Waals surface area contributed by atoms with Crippen molar-refractivity contribution in [2.75, 3.05) is 19.7 Å². The van der Waals surface area contributed by atoms with Gasteiger partial charge in [-0.05, 0) is 48.9 Å². The van der Waals surface area contributed by atoms with E-state index in [0.717, 1.165) is 42.3 Å². The van der Waals surface area contributed by atoms with Crippen molar-refractivity contribution in [2.24, 2.45) is 5.92 Å². The third-order valence-corrected chi connectivity index (χ3v) is 6.80. The van der Waals surface area contributed by atoms with Gasteiger partial charge in [-0.1, -0.05) is 19.4 Å². The second-order valence-corrected chi connectivity index (χ2v) is 9.14. The number of amides is 1. The van der Waals surface area contributed by atoms with Crippen molar-refractivity contribution < 1.29 is 13.9 Å². The molecule has 2 aliphatic rings. The van der Waals surface area contributed by atoms with E-state index in [2.05, 4.69) is 6.92 Å². The fourth-order valence-corrected chi connectivity index (χ4v) is 5.21. The van der Waals surface area contributed by atoms with Crippen LogP contribution < -0.4 is 15.9 Å². The SMILES string of the molecule is CCCCc1cc(=O)oc2cc(OCC(=O)N3C[C@H]4C[C@H](C3)c3cccc(=O)n3C4)ccc12. The van der Waals surface area contributed by atoms with Gasteiger partial charge in [-0.15, -0.1) is 0 Å². The Balaban J connectivity index is 1.28. The molecule has 2 aliphatic heterocycles. The molecule has 0 unspecified atom stereocenters. The zero-order valence-electron chi connectivity index (χ0n) is 18.8. The molecular weight excluding hydrogens is 420 g/mol. The van der Waals surface area contributed by atoms with Crippen LogP contribution in [0.15, 0.2) is 56.5 Å². The predicted molar refractivity (Wildman–Crippen MR) is 125 cm³/mol. The van der Waals surface area contributed by atoms with Gasteiger partial charge in [0.1, 0.15) is 11.3 Å². The summed E-state index contributed by atoms with van der Waals surface area (Å²) in [5.74, 6) is 0.874. The normalized spacial score (nSPS) is 19.4. The Morgan fingerprint density at radius 3 is 2.85 bits per heavy atom. The topological polar surface area (TPSA) is 81.8 Å². The standard InChI is InChI=1S/C26H28N2O5/c1-2-3-5-18-11-26(31)33-23-12-20(8-9-21(18)23)32-16-25(30)27-13-17-10-19(15-27)22-6-4-7-24(29)28(22)14-17/h4,6-9,11-12,17,19H,2-3,5,10,13-16H2,1H3/t17-,19-/m1/s1. The minimum atomic E-state index is -0.374. The van der Waals surface area contributed by atoms with E-state index >= 15 is 0 Å². The number of aryl methyl sites for hydroxylation is 1. The molecule has 0 radical (unpaired) electrons. The minimum absolute atomic E-state index is 0.0334. The van der Waals surface area contributed by atoms with Gasteiger partial charge in [0.2, 0.25) is 0 Å². The number of benzene rings is 1. The fourth-order valence-electron chi connectivity index (χ4n) is 5.21. The highest BCUT2D eigenvalue weighted by molar-refractivity contribution is 5.82. The summed E-state index contributed by atoms with van der Waals surface area (Å²) in [7, 11) is 0. The summed E-state index contributed by atoms with van der Waals surface area (Å²) in [6, 6.07) is 12.3. The molecule has 1 aromatic carbocycles. The molecule has 2 atom stereocenters. The van der Waals surface area contributed by atoms with Crippen molar-refractivity contribution in [1.29, 1.82) is 0 Å². The number of ether oxygens (including phenoxy) is 1. The van der Waals surface area contributed by atoms with Crippen LogP contribution in [0.25, 0.3) is 11.0 Å². The van der Waals surface area contributed by atoms with E-state index in [9.17, 15) is 14.4 Å². The lowest BCUT2D eigenvalue weighted by Gasteiger charge is -2.42. The quantitative estimate of drug-likeness (QED) is 0.541. The van der Waals surface area contributed by atoms with Crippen molar-refractivity contribution in [1.82, 2.24) is 9.47 Å². The second kappa shape index (κ2) is 8.89. The number of piperidine rings is 1. The summed E-state index contributed by atoms with van der Waals surface area (Å²) in [5, 5.41) is 0.902. The third kappa shape index (κ3) is 4.32. The second-order valence-electron chi connectivity index (χ2n) is 9.14. The van der Waals surface area contributed by atoms with Gasteiger partial charge >= 0.3 is 5.63 Å². The van der Waals surface area contributed by atoms with Crippen LogP contribution in [-0.4, -0.2) is 35.1 Å². The lowest BCUT2D eigenvalue weighted by atomic mass is 9.83. The highest BCUT2D eigenvalue weighted by atomic mass is 16.5. The number of carbonyl (C=O) groups excluding carboxylic acids is 1. The Morgan fingerprint density at radius 2 is 2.00 bits per heavy atom.